The number of imidazole rings is 1. The maximum Gasteiger partial charge on any atom is 0.126 e. The maximum atomic E-state index is 13.5. The Morgan fingerprint density at radius 3 is 2.89 bits per heavy atom. The van der Waals surface area contributed by atoms with Crippen LogP contribution in [0.3, 0.4) is 0 Å². The maximum absolute atomic E-state index is 13.5. The molecule has 2 aromatic rings. The summed E-state index contributed by atoms with van der Waals surface area (Å²) in [6.45, 7) is 4.50. The van der Waals surface area contributed by atoms with Crippen LogP contribution in [0, 0.1) is 13.8 Å². The third-order valence-electron chi connectivity index (χ3n) is 3.70. The number of aromatic nitrogens is 2. The lowest BCUT2D eigenvalue weighted by molar-refractivity contribution is 0.230. The largest absolute Gasteiger partial charge is 0.330 e. The average molecular weight is 259 g/mol. The van der Waals surface area contributed by atoms with Crippen LogP contribution >= 0.6 is 0 Å². The summed E-state index contributed by atoms with van der Waals surface area (Å²) in [6.07, 6.45) is 1.41. The lowest BCUT2D eigenvalue weighted by Crippen LogP contribution is -2.29. The molecule has 19 heavy (non-hydrogen) atoms. The van der Waals surface area contributed by atoms with Gasteiger partial charge in [-0.1, -0.05) is 23.8 Å². The first kappa shape index (κ1) is 12.4. The fourth-order valence-corrected chi connectivity index (χ4v) is 2.77. The molecule has 2 N–H and O–H groups in total. The molecule has 0 aliphatic carbocycles. The fourth-order valence-electron chi connectivity index (χ4n) is 2.77. The van der Waals surface area contributed by atoms with Gasteiger partial charge in [-0.25, -0.2) is 9.37 Å². The van der Waals surface area contributed by atoms with E-state index in [1.165, 1.54) is 11.1 Å². The summed E-state index contributed by atoms with van der Waals surface area (Å²) < 4.78 is 15.4. The second-order valence-electron chi connectivity index (χ2n) is 5.39. The van der Waals surface area contributed by atoms with Crippen LogP contribution in [-0.4, -0.2) is 15.7 Å². The summed E-state index contributed by atoms with van der Waals surface area (Å²) >= 11 is 0. The average Bonchev–Trinajstić information content (AvgIpc) is 2.72. The molecule has 0 radical (unpaired) electrons. The summed E-state index contributed by atoms with van der Waals surface area (Å²) in [6, 6.07) is 5.96. The third kappa shape index (κ3) is 2.16. The van der Waals surface area contributed by atoms with Crippen molar-refractivity contribution < 1.29 is 4.39 Å². The van der Waals surface area contributed by atoms with Crippen molar-refractivity contribution in [2.75, 3.05) is 0 Å². The zero-order valence-corrected chi connectivity index (χ0v) is 11.2. The molecule has 0 bridgehead atoms. The Morgan fingerprint density at radius 2 is 2.16 bits per heavy atom. The minimum atomic E-state index is -0.872. The topological polar surface area (TPSA) is 43.8 Å². The van der Waals surface area contributed by atoms with Crippen LogP contribution in [-0.2, 0) is 6.54 Å². The number of halogens is 1. The minimum Gasteiger partial charge on any atom is -0.330 e. The predicted octanol–water partition coefficient (Wildman–Crippen LogP) is 2.91. The number of alkyl halides is 1. The van der Waals surface area contributed by atoms with Gasteiger partial charge in [0, 0.05) is 18.2 Å². The second-order valence-corrected chi connectivity index (χ2v) is 5.39. The lowest BCUT2D eigenvalue weighted by Gasteiger charge is -2.22. The molecular weight excluding hydrogens is 241 g/mol. The first-order chi connectivity index (χ1) is 9.04. The number of fused-ring (bicyclic) bond motifs is 1. The Bertz CT molecular complexity index is 618. The molecule has 1 aliphatic rings. The molecule has 2 atom stereocenters. The van der Waals surface area contributed by atoms with Gasteiger partial charge in [0.25, 0.3) is 0 Å². The van der Waals surface area contributed by atoms with E-state index in [1.54, 1.807) is 0 Å². The molecular formula is C15H18FN3. The molecule has 0 spiro atoms. The first-order valence-electron chi connectivity index (χ1n) is 6.59. The molecule has 1 aromatic heterocycles. The van der Waals surface area contributed by atoms with Crippen molar-refractivity contribution in [2.24, 2.45) is 5.73 Å². The van der Waals surface area contributed by atoms with Crippen LogP contribution < -0.4 is 5.73 Å². The van der Waals surface area contributed by atoms with Crippen LogP contribution in [0.5, 0.6) is 0 Å². The van der Waals surface area contributed by atoms with Gasteiger partial charge in [-0.3, -0.25) is 0 Å². The van der Waals surface area contributed by atoms with Crippen molar-refractivity contribution in [1.82, 2.24) is 9.55 Å². The Labute approximate surface area is 112 Å². The molecule has 100 valence electrons. The van der Waals surface area contributed by atoms with Crippen molar-refractivity contribution >= 4 is 0 Å². The smallest absolute Gasteiger partial charge is 0.126 e. The fraction of sp³-hybridized carbons (Fsp3) is 0.400. The van der Waals surface area contributed by atoms with E-state index in [4.69, 9.17) is 5.73 Å². The Hall–Kier alpha value is -1.68. The van der Waals surface area contributed by atoms with E-state index in [1.807, 2.05) is 10.8 Å². The highest BCUT2D eigenvalue weighted by Gasteiger charge is 2.26. The molecule has 0 saturated heterocycles. The number of rotatable bonds is 1. The highest BCUT2D eigenvalue weighted by molar-refractivity contribution is 5.63. The molecule has 4 heteroatoms. The van der Waals surface area contributed by atoms with E-state index in [-0.39, 0.29) is 6.04 Å². The van der Waals surface area contributed by atoms with Gasteiger partial charge in [0.05, 0.1) is 18.3 Å². The molecule has 0 fully saturated rings. The standard InChI is InChI=1S/C15H18FN3/c1-9-3-4-12(10(2)5-9)14-8-19-7-11(16)6-13(17)15(19)18-14/h3-5,8,11,13H,6-7,17H2,1-2H3. The summed E-state index contributed by atoms with van der Waals surface area (Å²) in [4.78, 5) is 4.60. The van der Waals surface area contributed by atoms with Crippen LogP contribution in [0.1, 0.15) is 29.4 Å². The van der Waals surface area contributed by atoms with Gasteiger partial charge in [0.2, 0.25) is 0 Å². The molecule has 2 heterocycles. The van der Waals surface area contributed by atoms with Gasteiger partial charge in [0.15, 0.2) is 0 Å². The van der Waals surface area contributed by atoms with Crippen molar-refractivity contribution in [2.45, 2.75) is 39.0 Å². The van der Waals surface area contributed by atoms with E-state index in [2.05, 4.69) is 37.0 Å². The molecule has 2 unspecified atom stereocenters. The summed E-state index contributed by atoms with van der Waals surface area (Å²) in [5, 5.41) is 0. The van der Waals surface area contributed by atoms with Gasteiger partial charge in [-0.15, -0.1) is 0 Å². The van der Waals surface area contributed by atoms with Gasteiger partial charge in [-0.05, 0) is 19.4 Å². The van der Waals surface area contributed by atoms with Gasteiger partial charge in [0.1, 0.15) is 12.0 Å². The molecule has 3 rings (SSSR count). The number of aryl methyl sites for hydroxylation is 2. The zero-order valence-electron chi connectivity index (χ0n) is 11.2. The van der Waals surface area contributed by atoms with E-state index >= 15 is 0 Å². The number of hydrogen-bond donors (Lipinski definition) is 1. The van der Waals surface area contributed by atoms with Gasteiger partial charge < -0.3 is 10.3 Å². The van der Waals surface area contributed by atoms with E-state index in [0.717, 1.165) is 17.1 Å². The Morgan fingerprint density at radius 1 is 1.37 bits per heavy atom. The van der Waals surface area contributed by atoms with Crippen LogP contribution in [0.25, 0.3) is 11.3 Å². The normalized spacial score (nSPS) is 22.3. The van der Waals surface area contributed by atoms with Gasteiger partial charge >= 0.3 is 0 Å². The molecule has 1 aliphatic heterocycles. The van der Waals surface area contributed by atoms with E-state index in [9.17, 15) is 4.39 Å². The Balaban J connectivity index is 2.05. The first-order valence-corrected chi connectivity index (χ1v) is 6.59. The van der Waals surface area contributed by atoms with Crippen molar-refractivity contribution in [3.63, 3.8) is 0 Å². The highest BCUT2D eigenvalue weighted by atomic mass is 19.1. The summed E-state index contributed by atoms with van der Waals surface area (Å²) in [5.41, 5.74) is 10.4. The van der Waals surface area contributed by atoms with Crippen LogP contribution in [0.15, 0.2) is 24.4 Å². The van der Waals surface area contributed by atoms with E-state index < -0.39 is 6.17 Å². The van der Waals surface area contributed by atoms with Crippen molar-refractivity contribution in [3.8, 4) is 11.3 Å². The second kappa shape index (κ2) is 4.46. The highest BCUT2D eigenvalue weighted by Crippen LogP contribution is 2.29. The quantitative estimate of drug-likeness (QED) is 0.855. The molecule has 3 nitrogen and oxygen atoms in total. The van der Waals surface area contributed by atoms with E-state index in [0.29, 0.717) is 13.0 Å². The number of benzene rings is 1. The van der Waals surface area contributed by atoms with Crippen molar-refractivity contribution in [1.29, 1.82) is 0 Å². The SMILES string of the molecule is Cc1ccc(-c2cn3c(n2)C(N)CC(F)C3)c(C)c1. The molecule has 1 aromatic carbocycles. The molecule has 0 amide bonds. The minimum absolute atomic E-state index is 0.303. The predicted molar refractivity (Wildman–Crippen MR) is 73.6 cm³/mol. The molecule has 0 saturated carbocycles. The number of hydrogen-bond acceptors (Lipinski definition) is 2. The van der Waals surface area contributed by atoms with Crippen molar-refractivity contribution in [3.05, 3.63) is 41.3 Å². The Kier molecular flexibility index (Phi) is 2.90. The zero-order chi connectivity index (χ0) is 13.6. The van der Waals surface area contributed by atoms with Gasteiger partial charge in [-0.2, -0.15) is 0 Å². The third-order valence-corrected chi connectivity index (χ3v) is 3.70. The van der Waals surface area contributed by atoms with Crippen LogP contribution in [0.4, 0.5) is 4.39 Å². The summed E-state index contributed by atoms with van der Waals surface area (Å²) in [7, 11) is 0. The lowest BCUT2D eigenvalue weighted by atomic mass is 10.0. The number of nitrogens with zero attached hydrogens (tertiary/aromatic N) is 2. The van der Waals surface area contributed by atoms with Crippen LogP contribution in [0.2, 0.25) is 0 Å². The number of nitrogens with two attached hydrogens (primary N) is 1. The summed E-state index contributed by atoms with van der Waals surface area (Å²) in [5.74, 6) is 0.795. The monoisotopic (exact) mass is 259 g/mol.